The van der Waals surface area contributed by atoms with Crippen LogP contribution in [-0.4, -0.2) is 43.0 Å². The Labute approximate surface area is 145 Å². The number of halogens is 2. The highest BCUT2D eigenvalue weighted by Crippen LogP contribution is 2.28. The van der Waals surface area contributed by atoms with Crippen molar-refractivity contribution in [2.24, 2.45) is 0 Å². The van der Waals surface area contributed by atoms with Gasteiger partial charge in [-0.05, 0) is 44.4 Å². The molecule has 5 nitrogen and oxygen atoms in total. The summed E-state index contributed by atoms with van der Waals surface area (Å²) < 4.78 is 0. The van der Waals surface area contributed by atoms with Gasteiger partial charge < -0.3 is 15.5 Å². The van der Waals surface area contributed by atoms with Crippen LogP contribution in [0.15, 0.2) is 36.5 Å². The molecule has 1 heterocycles. The molecule has 2 rings (SSSR count). The van der Waals surface area contributed by atoms with Crippen LogP contribution in [0.25, 0.3) is 0 Å². The van der Waals surface area contributed by atoms with Crippen molar-refractivity contribution in [2.75, 3.05) is 32.5 Å². The number of carbonyl (C=O) groups is 1. The van der Waals surface area contributed by atoms with Crippen molar-refractivity contribution in [1.29, 1.82) is 0 Å². The molecule has 0 saturated heterocycles. The Hall–Kier alpha value is -1.82. The fraction of sp³-hybridized carbons (Fsp3) is 0.250. The summed E-state index contributed by atoms with van der Waals surface area (Å²) in [5.41, 5.74) is 1.77. The van der Waals surface area contributed by atoms with Crippen LogP contribution in [-0.2, 0) is 0 Å². The first-order valence-corrected chi connectivity index (χ1v) is 7.82. The van der Waals surface area contributed by atoms with E-state index < -0.39 is 0 Å². The van der Waals surface area contributed by atoms with Crippen molar-refractivity contribution in [2.45, 2.75) is 0 Å². The van der Waals surface area contributed by atoms with Gasteiger partial charge in [0.15, 0.2) is 0 Å². The van der Waals surface area contributed by atoms with Gasteiger partial charge in [-0.15, -0.1) is 0 Å². The van der Waals surface area contributed by atoms with E-state index in [0.29, 0.717) is 28.0 Å². The number of hydrogen-bond donors (Lipinski definition) is 2. The van der Waals surface area contributed by atoms with Crippen LogP contribution in [0.3, 0.4) is 0 Å². The lowest BCUT2D eigenvalue weighted by atomic mass is 10.2. The number of nitrogens with zero attached hydrogens (tertiary/aromatic N) is 2. The van der Waals surface area contributed by atoms with Crippen molar-refractivity contribution >= 4 is 40.5 Å². The fourth-order valence-electron chi connectivity index (χ4n) is 1.83. The Morgan fingerprint density at radius 1 is 1.22 bits per heavy atom. The van der Waals surface area contributed by atoms with Crippen LogP contribution in [0, 0.1) is 0 Å². The van der Waals surface area contributed by atoms with Gasteiger partial charge in [-0.1, -0.05) is 23.2 Å². The number of benzene rings is 1. The molecule has 1 amide bonds. The normalized spacial score (nSPS) is 10.7. The van der Waals surface area contributed by atoms with Gasteiger partial charge in [-0.25, -0.2) is 4.98 Å². The third kappa shape index (κ3) is 5.39. The molecular formula is C16H18Cl2N4O. The number of hydrogen-bond acceptors (Lipinski definition) is 4. The summed E-state index contributed by atoms with van der Waals surface area (Å²) in [6.07, 6.45) is 1.58. The number of aromatic nitrogens is 1. The zero-order valence-corrected chi connectivity index (χ0v) is 14.4. The average Bonchev–Trinajstić information content (AvgIpc) is 2.51. The zero-order chi connectivity index (χ0) is 16.8. The van der Waals surface area contributed by atoms with Crippen LogP contribution in [0.1, 0.15) is 10.5 Å². The van der Waals surface area contributed by atoms with E-state index in [1.54, 1.807) is 36.5 Å². The summed E-state index contributed by atoms with van der Waals surface area (Å²) in [7, 11) is 3.90. The molecule has 122 valence electrons. The molecule has 2 aromatic rings. The summed E-state index contributed by atoms with van der Waals surface area (Å²) >= 11 is 12.1. The molecule has 0 aliphatic carbocycles. The molecule has 23 heavy (non-hydrogen) atoms. The van der Waals surface area contributed by atoms with Crippen LogP contribution in [0.4, 0.5) is 11.4 Å². The summed E-state index contributed by atoms with van der Waals surface area (Å²) in [4.78, 5) is 18.1. The van der Waals surface area contributed by atoms with Crippen molar-refractivity contribution in [3.8, 4) is 0 Å². The standard InChI is InChI=1S/C16H18Cl2N4O/c1-22(2)8-7-19-16(23)14-6-4-12(10-20-14)21-15-9-11(17)3-5-13(15)18/h3-6,9-10,21H,7-8H2,1-2H3,(H,19,23). The highest BCUT2D eigenvalue weighted by atomic mass is 35.5. The average molecular weight is 353 g/mol. The predicted molar refractivity (Wildman–Crippen MR) is 94.9 cm³/mol. The van der Waals surface area contributed by atoms with Crippen molar-refractivity contribution in [1.82, 2.24) is 15.2 Å². The zero-order valence-electron chi connectivity index (χ0n) is 12.9. The van der Waals surface area contributed by atoms with Gasteiger partial charge in [0, 0.05) is 18.1 Å². The minimum absolute atomic E-state index is 0.195. The number of amides is 1. The first-order chi connectivity index (χ1) is 11.0. The van der Waals surface area contributed by atoms with Crippen LogP contribution in [0.5, 0.6) is 0 Å². The highest BCUT2D eigenvalue weighted by Gasteiger charge is 2.07. The second-order valence-electron chi connectivity index (χ2n) is 5.24. The molecule has 0 fully saturated rings. The first-order valence-electron chi connectivity index (χ1n) is 7.07. The van der Waals surface area contributed by atoms with Gasteiger partial charge >= 0.3 is 0 Å². The van der Waals surface area contributed by atoms with Crippen molar-refractivity contribution in [3.05, 3.63) is 52.3 Å². The molecule has 0 aliphatic heterocycles. The van der Waals surface area contributed by atoms with E-state index in [-0.39, 0.29) is 5.91 Å². The number of rotatable bonds is 6. The number of likely N-dealkylation sites (N-methyl/N-ethyl adjacent to an activating group) is 1. The summed E-state index contributed by atoms with van der Waals surface area (Å²) in [6.45, 7) is 1.35. The molecule has 0 atom stereocenters. The Morgan fingerprint density at radius 3 is 2.65 bits per heavy atom. The van der Waals surface area contributed by atoms with Crippen molar-refractivity contribution in [3.63, 3.8) is 0 Å². The van der Waals surface area contributed by atoms with E-state index in [2.05, 4.69) is 15.6 Å². The van der Waals surface area contributed by atoms with E-state index >= 15 is 0 Å². The summed E-state index contributed by atoms with van der Waals surface area (Å²) in [5, 5.41) is 7.07. The van der Waals surface area contributed by atoms with Crippen LogP contribution in [0.2, 0.25) is 10.0 Å². The lowest BCUT2D eigenvalue weighted by Gasteiger charge is -2.11. The first kappa shape index (κ1) is 17.5. The topological polar surface area (TPSA) is 57.3 Å². The molecule has 1 aromatic carbocycles. The van der Waals surface area contributed by atoms with Crippen molar-refractivity contribution < 1.29 is 4.79 Å². The maximum absolute atomic E-state index is 11.9. The summed E-state index contributed by atoms with van der Waals surface area (Å²) in [5.74, 6) is -0.195. The van der Waals surface area contributed by atoms with E-state index in [1.807, 2.05) is 19.0 Å². The van der Waals surface area contributed by atoms with Gasteiger partial charge in [-0.2, -0.15) is 0 Å². The molecule has 0 aliphatic rings. The Bertz CT molecular complexity index is 674. The molecule has 2 N–H and O–H groups in total. The third-order valence-electron chi connectivity index (χ3n) is 3.05. The van der Waals surface area contributed by atoms with E-state index in [0.717, 1.165) is 12.2 Å². The maximum Gasteiger partial charge on any atom is 0.269 e. The highest BCUT2D eigenvalue weighted by molar-refractivity contribution is 6.35. The Kier molecular flexibility index (Phi) is 6.21. The van der Waals surface area contributed by atoms with E-state index in [4.69, 9.17) is 23.2 Å². The smallest absolute Gasteiger partial charge is 0.269 e. The number of anilines is 2. The lowest BCUT2D eigenvalue weighted by molar-refractivity contribution is 0.0946. The van der Waals surface area contributed by atoms with Gasteiger partial charge in [0.2, 0.25) is 0 Å². The van der Waals surface area contributed by atoms with Gasteiger partial charge in [0.25, 0.3) is 5.91 Å². The Balaban J connectivity index is 1.99. The number of nitrogens with one attached hydrogen (secondary N) is 2. The second kappa shape index (κ2) is 8.15. The minimum Gasteiger partial charge on any atom is -0.353 e. The van der Waals surface area contributed by atoms with Crippen LogP contribution >= 0.6 is 23.2 Å². The van der Waals surface area contributed by atoms with Gasteiger partial charge in [0.1, 0.15) is 5.69 Å². The SMILES string of the molecule is CN(C)CCNC(=O)c1ccc(Nc2cc(Cl)ccc2Cl)cn1. The molecule has 0 saturated carbocycles. The maximum atomic E-state index is 11.9. The monoisotopic (exact) mass is 352 g/mol. The van der Waals surface area contributed by atoms with Gasteiger partial charge in [-0.3, -0.25) is 4.79 Å². The quantitative estimate of drug-likeness (QED) is 0.836. The predicted octanol–water partition coefficient (Wildman–Crippen LogP) is 3.42. The minimum atomic E-state index is -0.195. The molecule has 1 aromatic heterocycles. The Morgan fingerprint density at radius 2 is 2.00 bits per heavy atom. The molecule has 0 bridgehead atoms. The molecule has 7 heteroatoms. The van der Waals surface area contributed by atoms with Gasteiger partial charge in [0.05, 0.1) is 22.6 Å². The molecule has 0 radical (unpaired) electrons. The lowest BCUT2D eigenvalue weighted by Crippen LogP contribution is -2.31. The summed E-state index contributed by atoms with van der Waals surface area (Å²) in [6, 6.07) is 8.59. The van der Waals surface area contributed by atoms with E-state index in [1.165, 1.54) is 0 Å². The molecule has 0 unspecified atom stereocenters. The fourth-order valence-corrected chi connectivity index (χ4v) is 2.17. The number of carbonyl (C=O) groups excluding carboxylic acids is 1. The van der Waals surface area contributed by atoms with Crippen LogP contribution < -0.4 is 10.6 Å². The number of pyridine rings is 1. The largest absolute Gasteiger partial charge is 0.353 e. The third-order valence-corrected chi connectivity index (χ3v) is 3.61. The van der Waals surface area contributed by atoms with E-state index in [9.17, 15) is 4.79 Å². The second-order valence-corrected chi connectivity index (χ2v) is 6.08. The molecule has 0 spiro atoms. The molecular weight excluding hydrogens is 335 g/mol.